The van der Waals surface area contributed by atoms with Crippen LogP contribution in [0.4, 0.5) is 0 Å². The van der Waals surface area contributed by atoms with E-state index >= 15 is 0 Å². The molecule has 0 unspecified atom stereocenters. The molecule has 0 spiro atoms. The van der Waals surface area contributed by atoms with Gasteiger partial charge in [-0.25, -0.2) is 15.0 Å². The number of para-hydroxylation sites is 2. The van der Waals surface area contributed by atoms with Gasteiger partial charge in [0.2, 0.25) is 0 Å². The average molecular weight is 440 g/mol. The first-order chi connectivity index (χ1) is 16.1. The zero-order valence-electron chi connectivity index (χ0n) is 18.8. The first-order valence-corrected chi connectivity index (χ1v) is 11.4. The summed E-state index contributed by atoms with van der Waals surface area (Å²) in [4.78, 5) is 28.5. The number of ether oxygens (including phenoxy) is 1. The standard InChI is InChI=1S/C26H25N5O2/c1-16-9-11-18(12-10-16)14-30-17(2)27-24-22(26(30)32)23-25(31(24)15-19-6-5-13-33-19)29-21-8-4-3-7-20(21)28-23/h3-4,7-12,19H,5-6,13-15H2,1-2H3/t19-/m0/s1. The van der Waals surface area contributed by atoms with Gasteiger partial charge in [0.1, 0.15) is 16.7 Å². The minimum atomic E-state index is -0.0845. The average Bonchev–Trinajstić information content (AvgIpc) is 3.43. The molecule has 7 nitrogen and oxygen atoms in total. The van der Waals surface area contributed by atoms with Gasteiger partial charge < -0.3 is 9.30 Å². The molecule has 2 aromatic carbocycles. The van der Waals surface area contributed by atoms with Gasteiger partial charge in [-0.1, -0.05) is 42.0 Å². The highest BCUT2D eigenvalue weighted by atomic mass is 16.5. The van der Waals surface area contributed by atoms with Gasteiger partial charge in [0, 0.05) is 6.61 Å². The molecule has 6 rings (SSSR count). The molecule has 1 fully saturated rings. The fraction of sp³-hybridized carbons (Fsp3) is 0.308. The van der Waals surface area contributed by atoms with Crippen LogP contribution in [0.25, 0.3) is 33.2 Å². The quantitative estimate of drug-likeness (QED) is 0.421. The van der Waals surface area contributed by atoms with Crippen LogP contribution in [-0.2, 0) is 17.8 Å². The van der Waals surface area contributed by atoms with E-state index in [-0.39, 0.29) is 11.7 Å². The third kappa shape index (κ3) is 3.40. The van der Waals surface area contributed by atoms with Crippen molar-refractivity contribution in [3.8, 4) is 0 Å². The molecule has 0 N–H and O–H groups in total. The van der Waals surface area contributed by atoms with E-state index in [1.807, 2.05) is 35.8 Å². The number of rotatable bonds is 4. The highest BCUT2D eigenvalue weighted by molar-refractivity contribution is 6.04. The smallest absolute Gasteiger partial charge is 0.265 e. The predicted octanol–water partition coefficient (Wildman–Crippen LogP) is 4.14. The maximum Gasteiger partial charge on any atom is 0.265 e. The monoisotopic (exact) mass is 439 g/mol. The lowest BCUT2D eigenvalue weighted by atomic mass is 10.1. The van der Waals surface area contributed by atoms with Gasteiger partial charge in [0.25, 0.3) is 5.56 Å². The fourth-order valence-corrected chi connectivity index (χ4v) is 4.72. The van der Waals surface area contributed by atoms with Crippen molar-refractivity contribution in [2.75, 3.05) is 6.61 Å². The van der Waals surface area contributed by atoms with Crippen LogP contribution in [0.3, 0.4) is 0 Å². The number of nitrogens with zero attached hydrogens (tertiary/aromatic N) is 5. The minimum absolute atomic E-state index is 0.0845. The highest BCUT2D eigenvalue weighted by Crippen LogP contribution is 2.27. The summed E-state index contributed by atoms with van der Waals surface area (Å²) in [5, 5.41) is 0.527. The molecule has 5 aromatic rings. The van der Waals surface area contributed by atoms with Crippen molar-refractivity contribution in [2.24, 2.45) is 0 Å². The molecule has 1 aliphatic heterocycles. The molecule has 0 saturated carbocycles. The molecule has 1 aliphatic rings. The lowest BCUT2D eigenvalue weighted by Gasteiger charge is -2.13. The van der Waals surface area contributed by atoms with Crippen LogP contribution in [0.1, 0.15) is 29.8 Å². The second-order valence-electron chi connectivity index (χ2n) is 8.86. The number of aryl methyl sites for hydroxylation is 2. The maximum atomic E-state index is 13.8. The van der Waals surface area contributed by atoms with E-state index in [9.17, 15) is 4.79 Å². The Morgan fingerprint density at radius 3 is 2.42 bits per heavy atom. The van der Waals surface area contributed by atoms with Gasteiger partial charge in [-0.15, -0.1) is 0 Å². The Hall–Kier alpha value is -3.58. The minimum Gasteiger partial charge on any atom is -0.376 e. The third-order valence-electron chi connectivity index (χ3n) is 6.51. The highest BCUT2D eigenvalue weighted by Gasteiger charge is 2.24. The van der Waals surface area contributed by atoms with E-state index in [1.54, 1.807) is 4.57 Å². The van der Waals surface area contributed by atoms with Crippen molar-refractivity contribution in [3.63, 3.8) is 0 Å². The van der Waals surface area contributed by atoms with Gasteiger partial charge in [-0.05, 0) is 44.4 Å². The first kappa shape index (κ1) is 20.1. The largest absolute Gasteiger partial charge is 0.376 e. The topological polar surface area (TPSA) is 74.8 Å². The zero-order chi connectivity index (χ0) is 22.5. The number of fused-ring (bicyclic) bond motifs is 4. The van der Waals surface area contributed by atoms with Crippen LogP contribution in [-0.4, -0.2) is 36.8 Å². The maximum absolute atomic E-state index is 13.8. The van der Waals surface area contributed by atoms with E-state index in [0.717, 1.165) is 36.0 Å². The van der Waals surface area contributed by atoms with Crippen LogP contribution >= 0.6 is 0 Å². The van der Waals surface area contributed by atoms with Gasteiger partial charge in [-0.3, -0.25) is 9.36 Å². The summed E-state index contributed by atoms with van der Waals surface area (Å²) in [5.74, 6) is 0.675. The number of benzene rings is 2. The summed E-state index contributed by atoms with van der Waals surface area (Å²) < 4.78 is 9.67. The number of hydrogen-bond donors (Lipinski definition) is 0. The van der Waals surface area contributed by atoms with E-state index < -0.39 is 0 Å². The lowest BCUT2D eigenvalue weighted by molar-refractivity contribution is 0.0987. The Kier molecular flexibility index (Phi) is 4.73. The molecule has 7 heteroatoms. The molecule has 1 saturated heterocycles. The van der Waals surface area contributed by atoms with Crippen molar-refractivity contribution >= 4 is 33.2 Å². The molecule has 4 heterocycles. The van der Waals surface area contributed by atoms with Crippen molar-refractivity contribution in [1.29, 1.82) is 0 Å². The summed E-state index contributed by atoms with van der Waals surface area (Å²) in [6.07, 6.45) is 2.13. The van der Waals surface area contributed by atoms with Crippen LogP contribution in [0.2, 0.25) is 0 Å². The molecule has 0 radical (unpaired) electrons. The van der Waals surface area contributed by atoms with Crippen molar-refractivity contribution in [1.82, 2.24) is 24.1 Å². The molecule has 0 bridgehead atoms. The summed E-state index contributed by atoms with van der Waals surface area (Å²) >= 11 is 0. The van der Waals surface area contributed by atoms with E-state index in [1.165, 1.54) is 5.56 Å². The van der Waals surface area contributed by atoms with Crippen molar-refractivity contribution in [3.05, 3.63) is 75.8 Å². The van der Waals surface area contributed by atoms with Crippen LogP contribution in [0.15, 0.2) is 53.3 Å². The Balaban J connectivity index is 1.61. The van der Waals surface area contributed by atoms with Crippen LogP contribution in [0, 0.1) is 13.8 Å². The summed E-state index contributed by atoms with van der Waals surface area (Å²) in [5.41, 5.74) is 5.68. The molecular weight excluding hydrogens is 414 g/mol. The number of hydrogen-bond acceptors (Lipinski definition) is 5. The zero-order valence-corrected chi connectivity index (χ0v) is 18.8. The molecule has 0 aliphatic carbocycles. The van der Waals surface area contributed by atoms with Crippen LogP contribution < -0.4 is 5.56 Å². The first-order valence-electron chi connectivity index (χ1n) is 11.4. The van der Waals surface area contributed by atoms with E-state index in [4.69, 9.17) is 19.7 Å². The molecule has 166 valence electrons. The summed E-state index contributed by atoms with van der Waals surface area (Å²) in [6.45, 7) is 5.79. The molecule has 33 heavy (non-hydrogen) atoms. The van der Waals surface area contributed by atoms with Gasteiger partial charge in [0.05, 0.1) is 30.2 Å². The van der Waals surface area contributed by atoms with Crippen LogP contribution in [0.5, 0.6) is 0 Å². The normalized spacial score (nSPS) is 16.4. The van der Waals surface area contributed by atoms with Gasteiger partial charge in [-0.2, -0.15) is 0 Å². The second-order valence-corrected chi connectivity index (χ2v) is 8.86. The Morgan fingerprint density at radius 2 is 1.70 bits per heavy atom. The van der Waals surface area contributed by atoms with E-state index in [0.29, 0.717) is 41.1 Å². The molecule has 0 amide bonds. The summed E-state index contributed by atoms with van der Waals surface area (Å²) in [6, 6.07) is 16.0. The third-order valence-corrected chi connectivity index (χ3v) is 6.51. The second kappa shape index (κ2) is 7.78. The SMILES string of the molecule is Cc1ccc(Cn2c(C)nc3c(c2=O)c2nc4ccccc4nc2n3C[C@@H]2CCCO2)cc1. The van der Waals surface area contributed by atoms with Gasteiger partial charge in [0.15, 0.2) is 11.3 Å². The fourth-order valence-electron chi connectivity index (χ4n) is 4.72. The Labute approximate surface area is 190 Å². The lowest BCUT2D eigenvalue weighted by Crippen LogP contribution is -2.25. The molecular formula is C26H25N5O2. The Bertz CT molecular complexity index is 1560. The van der Waals surface area contributed by atoms with Crippen molar-refractivity contribution < 1.29 is 4.74 Å². The predicted molar refractivity (Wildman–Crippen MR) is 129 cm³/mol. The summed E-state index contributed by atoms with van der Waals surface area (Å²) in [7, 11) is 0. The number of aromatic nitrogens is 5. The Morgan fingerprint density at radius 1 is 0.939 bits per heavy atom. The van der Waals surface area contributed by atoms with E-state index in [2.05, 4.69) is 31.2 Å². The van der Waals surface area contributed by atoms with Crippen molar-refractivity contribution in [2.45, 2.75) is 45.9 Å². The van der Waals surface area contributed by atoms with Gasteiger partial charge >= 0.3 is 0 Å². The molecule has 1 atom stereocenters. The molecule has 3 aromatic heterocycles.